The van der Waals surface area contributed by atoms with Crippen molar-refractivity contribution < 1.29 is 4.79 Å². The number of nitrogens with zero attached hydrogens (tertiary/aromatic N) is 1. The Morgan fingerprint density at radius 1 is 1.30 bits per heavy atom. The van der Waals surface area contributed by atoms with E-state index in [2.05, 4.69) is 15.6 Å². The van der Waals surface area contributed by atoms with Crippen LogP contribution in [0.15, 0.2) is 29.6 Å². The molecule has 4 nitrogen and oxygen atoms in total. The molecule has 0 radical (unpaired) electrons. The van der Waals surface area contributed by atoms with E-state index in [1.165, 1.54) is 11.3 Å². The third-order valence-electron chi connectivity index (χ3n) is 3.46. The Kier molecular flexibility index (Phi) is 8.29. The van der Waals surface area contributed by atoms with Gasteiger partial charge in [-0.15, -0.1) is 36.2 Å². The summed E-state index contributed by atoms with van der Waals surface area (Å²) in [4.78, 5) is 16.6. The van der Waals surface area contributed by atoms with Crippen LogP contribution < -0.4 is 10.6 Å². The van der Waals surface area contributed by atoms with Gasteiger partial charge in [-0.1, -0.05) is 23.7 Å². The third-order valence-corrected chi connectivity index (χ3v) is 4.60. The third kappa shape index (κ3) is 5.33. The van der Waals surface area contributed by atoms with Crippen LogP contribution in [-0.4, -0.2) is 30.0 Å². The number of carbonyl (C=O) groups excluding carboxylic acids is 1. The minimum atomic E-state index is -0.0971. The summed E-state index contributed by atoms with van der Waals surface area (Å²) in [6.45, 7) is 1.86. The van der Waals surface area contributed by atoms with Crippen molar-refractivity contribution in [1.82, 2.24) is 15.6 Å². The van der Waals surface area contributed by atoms with Gasteiger partial charge in [-0.25, -0.2) is 4.98 Å². The molecule has 2 aromatic rings. The molecule has 1 aliphatic rings. The number of nitrogens with one attached hydrogen (secondary N) is 2. The summed E-state index contributed by atoms with van der Waals surface area (Å²) in [5.74, 6) is -0.0971. The topological polar surface area (TPSA) is 54.0 Å². The maximum atomic E-state index is 12.2. The number of amides is 1. The highest BCUT2D eigenvalue weighted by Crippen LogP contribution is 2.25. The number of thiazole rings is 1. The number of benzene rings is 1. The Morgan fingerprint density at radius 3 is 2.70 bits per heavy atom. The lowest BCUT2D eigenvalue weighted by Crippen LogP contribution is -2.45. The predicted octanol–water partition coefficient (Wildman–Crippen LogP) is 3.79. The average molecular weight is 395 g/mol. The van der Waals surface area contributed by atoms with E-state index in [0.29, 0.717) is 10.7 Å². The normalized spacial score (nSPS) is 16.8. The number of rotatable bonds is 3. The fourth-order valence-corrected chi connectivity index (χ4v) is 3.27. The van der Waals surface area contributed by atoms with Crippen LogP contribution in [0.1, 0.15) is 23.3 Å². The summed E-state index contributed by atoms with van der Waals surface area (Å²) < 4.78 is 0. The Labute approximate surface area is 156 Å². The predicted molar refractivity (Wildman–Crippen MR) is 100 cm³/mol. The molecule has 1 aromatic heterocycles. The zero-order valence-corrected chi connectivity index (χ0v) is 15.5. The van der Waals surface area contributed by atoms with Crippen LogP contribution in [0.3, 0.4) is 0 Å². The van der Waals surface area contributed by atoms with E-state index < -0.39 is 0 Å². The van der Waals surface area contributed by atoms with Gasteiger partial charge in [-0.05, 0) is 31.5 Å². The van der Waals surface area contributed by atoms with Gasteiger partial charge in [0.15, 0.2) is 0 Å². The largest absolute Gasteiger partial charge is 0.347 e. The lowest BCUT2D eigenvalue weighted by molar-refractivity contribution is 0.0926. The van der Waals surface area contributed by atoms with Crippen molar-refractivity contribution in [2.75, 3.05) is 13.1 Å². The summed E-state index contributed by atoms with van der Waals surface area (Å²) in [6.07, 6.45) is 2.12. The Hall–Kier alpha value is -0.850. The molecule has 2 N–H and O–H groups in total. The van der Waals surface area contributed by atoms with Gasteiger partial charge in [0.2, 0.25) is 0 Å². The second kappa shape index (κ2) is 9.45. The fraction of sp³-hybridized carbons (Fsp3) is 0.333. The summed E-state index contributed by atoms with van der Waals surface area (Å²) in [5, 5.41) is 9.64. The van der Waals surface area contributed by atoms with Crippen LogP contribution in [0.2, 0.25) is 5.02 Å². The van der Waals surface area contributed by atoms with E-state index in [4.69, 9.17) is 11.6 Å². The molecule has 0 spiro atoms. The molecule has 1 amide bonds. The van der Waals surface area contributed by atoms with Gasteiger partial charge in [0.25, 0.3) is 5.91 Å². The van der Waals surface area contributed by atoms with Crippen LogP contribution in [-0.2, 0) is 0 Å². The molecular formula is C15H18Cl3N3OS. The van der Waals surface area contributed by atoms with Crippen LogP contribution >= 0.6 is 47.8 Å². The first-order valence-corrected chi connectivity index (χ1v) is 8.21. The van der Waals surface area contributed by atoms with Crippen LogP contribution in [0.4, 0.5) is 0 Å². The van der Waals surface area contributed by atoms with Crippen molar-refractivity contribution in [3.63, 3.8) is 0 Å². The number of hydrogen-bond donors (Lipinski definition) is 2. The van der Waals surface area contributed by atoms with Crippen LogP contribution in [0, 0.1) is 0 Å². The van der Waals surface area contributed by atoms with E-state index in [1.807, 2.05) is 24.3 Å². The molecule has 0 bridgehead atoms. The molecule has 0 unspecified atom stereocenters. The molecule has 2 heterocycles. The molecule has 1 atom stereocenters. The summed E-state index contributed by atoms with van der Waals surface area (Å²) in [5.41, 5.74) is 1.46. The van der Waals surface area contributed by atoms with Gasteiger partial charge >= 0.3 is 0 Å². The monoisotopic (exact) mass is 393 g/mol. The second-order valence-electron chi connectivity index (χ2n) is 5.06. The van der Waals surface area contributed by atoms with Gasteiger partial charge in [0.1, 0.15) is 10.7 Å². The van der Waals surface area contributed by atoms with E-state index in [9.17, 15) is 4.79 Å². The van der Waals surface area contributed by atoms with Crippen molar-refractivity contribution in [2.45, 2.75) is 18.9 Å². The quantitative estimate of drug-likeness (QED) is 0.833. The number of carbonyl (C=O) groups is 1. The molecular weight excluding hydrogens is 377 g/mol. The van der Waals surface area contributed by atoms with Gasteiger partial charge in [-0.2, -0.15) is 0 Å². The lowest BCUT2D eigenvalue weighted by atomic mass is 10.1. The Bertz CT molecular complexity index is 627. The molecule has 1 fully saturated rings. The molecule has 8 heteroatoms. The van der Waals surface area contributed by atoms with E-state index >= 15 is 0 Å². The second-order valence-corrected chi connectivity index (χ2v) is 6.36. The van der Waals surface area contributed by atoms with E-state index in [-0.39, 0.29) is 36.8 Å². The van der Waals surface area contributed by atoms with Crippen molar-refractivity contribution in [3.05, 3.63) is 40.4 Å². The van der Waals surface area contributed by atoms with Crippen molar-refractivity contribution >= 4 is 53.7 Å². The molecule has 1 saturated heterocycles. The summed E-state index contributed by atoms with van der Waals surface area (Å²) in [6, 6.07) is 7.67. The van der Waals surface area contributed by atoms with Crippen LogP contribution in [0.5, 0.6) is 0 Å². The maximum absolute atomic E-state index is 12.2. The lowest BCUT2D eigenvalue weighted by Gasteiger charge is -2.23. The first-order valence-electron chi connectivity index (χ1n) is 6.95. The highest BCUT2D eigenvalue weighted by Gasteiger charge is 2.18. The molecule has 0 aliphatic carbocycles. The standard InChI is InChI=1S/C15H16ClN3OS.2ClH/c16-11-5-3-10(4-6-11)15-19-13(9-21-15)14(20)18-12-2-1-7-17-8-12;;/h3-6,9,12,17H,1-2,7-8H2,(H,18,20);2*1H/t12-;;/m0../s1. The number of aromatic nitrogens is 1. The number of hydrogen-bond acceptors (Lipinski definition) is 4. The molecule has 126 valence electrons. The minimum absolute atomic E-state index is 0. The average Bonchev–Trinajstić information content (AvgIpc) is 2.99. The van der Waals surface area contributed by atoms with Gasteiger partial charge in [-0.3, -0.25) is 4.79 Å². The highest BCUT2D eigenvalue weighted by molar-refractivity contribution is 7.13. The van der Waals surface area contributed by atoms with Gasteiger partial charge in [0.05, 0.1) is 0 Å². The minimum Gasteiger partial charge on any atom is -0.347 e. The van der Waals surface area contributed by atoms with E-state index in [1.54, 1.807) is 5.38 Å². The van der Waals surface area contributed by atoms with Gasteiger partial charge in [0, 0.05) is 28.6 Å². The molecule has 3 rings (SSSR count). The Morgan fingerprint density at radius 2 is 2.04 bits per heavy atom. The number of halogens is 3. The molecule has 23 heavy (non-hydrogen) atoms. The van der Waals surface area contributed by atoms with Gasteiger partial charge < -0.3 is 10.6 Å². The maximum Gasteiger partial charge on any atom is 0.271 e. The first kappa shape index (κ1) is 20.2. The van der Waals surface area contributed by atoms with E-state index in [0.717, 1.165) is 36.5 Å². The zero-order valence-electron chi connectivity index (χ0n) is 12.3. The summed E-state index contributed by atoms with van der Waals surface area (Å²) >= 11 is 7.34. The molecule has 1 aliphatic heterocycles. The highest BCUT2D eigenvalue weighted by atomic mass is 35.5. The van der Waals surface area contributed by atoms with Crippen molar-refractivity contribution in [1.29, 1.82) is 0 Å². The summed E-state index contributed by atoms with van der Waals surface area (Å²) in [7, 11) is 0. The molecule has 0 saturated carbocycles. The van der Waals surface area contributed by atoms with Crippen LogP contribution in [0.25, 0.3) is 10.6 Å². The Balaban J connectivity index is 0.00000132. The smallest absolute Gasteiger partial charge is 0.271 e. The SMILES string of the molecule is Cl.Cl.O=C(N[C@H]1CCCNC1)c1csc(-c2ccc(Cl)cc2)n1. The number of piperidine rings is 1. The molecule has 1 aromatic carbocycles. The van der Waals surface area contributed by atoms with Crippen molar-refractivity contribution in [3.8, 4) is 10.6 Å². The van der Waals surface area contributed by atoms with Crippen molar-refractivity contribution in [2.24, 2.45) is 0 Å². The fourth-order valence-electron chi connectivity index (χ4n) is 2.34. The first-order chi connectivity index (χ1) is 10.2. The zero-order chi connectivity index (χ0) is 14.7.